The molecule has 0 radical (unpaired) electrons. The number of anilines is 1. The quantitative estimate of drug-likeness (QED) is 0.720. The Morgan fingerprint density at radius 3 is 2.62 bits per heavy atom. The lowest BCUT2D eigenvalue weighted by Gasteiger charge is -2.25. The van der Waals surface area contributed by atoms with Crippen molar-refractivity contribution >= 4 is 23.5 Å². The number of ether oxygens (including phenoxy) is 2. The van der Waals surface area contributed by atoms with Gasteiger partial charge in [-0.05, 0) is 61.9 Å². The van der Waals surface area contributed by atoms with Gasteiger partial charge in [0.25, 0.3) is 5.91 Å². The fourth-order valence-electron chi connectivity index (χ4n) is 4.58. The van der Waals surface area contributed by atoms with Gasteiger partial charge in [0.15, 0.2) is 11.5 Å². The molecule has 0 unspecified atom stereocenters. The van der Waals surface area contributed by atoms with Crippen LogP contribution in [0.3, 0.4) is 0 Å². The molecule has 0 aromatic heterocycles. The molecule has 8 heteroatoms. The normalized spacial score (nSPS) is 22.4. The van der Waals surface area contributed by atoms with Gasteiger partial charge in [-0.2, -0.15) is 0 Å². The van der Waals surface area contributed by atoms with Gasteiger partial charge in [-0.1, -0.05) is 18.2 Å². The summed E-state index contributed by atoms with van der Waals surface area (Å²) >= 11 is 0. The van der Waals surface area contributed by atoms with E-state index in [-0.39, 0.29) is 0 Å². The van der Waals surface area contributed by atoms with Crippen LogP contribution < -0.4 is 20.1 Å². The predicted octanol–water partition coefficient (Wildman–Crippen LogP) is 2.74. The summed E-state index contributed by atoms with van der Waals surface area (Å²) in [4.78, 5) is 40.0. The van der Waals surface area contributed by atoms with Crippen LogP contribution in [0.5, 0.6) is 11.5 Å². The van der Waals surface area contributed by atoms with E-state index in [0.717, 1.165) is 29.7 Å². The number of urea groups is 1. The maximum atomic E-state index is 13.4. The SMILES string of the molecule is C[C@H](C(=O)Nc1ccc2c(c1)OCCO2)N1C(=O)N[C@@](C)(c2ccc3c(c2)CCC3)C1=O. The molecule has 32 heavy (non-hydrogen) atoms. The number of carbonyl (C=O) groups excluding carboxylic acids is 3. The van der Waals surface area contributed by atoms with Gasteiger partial charge in [0.1, 0.15) is 24.8 Å². The second-order valence-corrected chi connectivity index (χ2v) is 8.59. The molecule has 0 spiro atoms. The Kier molecular flexibility index (Phi) is 4.80. The molecule has 8 nitrogen and oxygen atoms in total. The number of hydrogen-bond acceptors (Lipinski definition) is 5. The minimum atomic E-state index is -1.21. The third-order valence-electron chi connectivity index (χ3n) is 6.47. The van der Waals surface area contributed by atoms with E-state index in [0.29, 0.717) is 30.4 Å². The first-order valence-corrected chi connectivity index (χ1v) is 10.9. The van der Waals surface area contributed by atoms with Gasteiger partial charge in [0.05, 0.1) is 0 Å². The number of hydrogen-bond donors (Lipinski definition) is 2. The fraction of sp³-hybridized carbons (Fsp3) is 0.375. The summed E-state index contributed by atoms with van der Waals surface area (Å²) in [6.45, 7) is 4.14. The molecule has 5 rings (SSSR count). The molecule has 2 atom stereocenters. The largest absolute Gasteiger partial charge is 0.486 e. The molecule has 166 valence electrons. The summed E-state index contributed by atoms with van der Waals surface area (Å²) in [6.07, 6.45) is 3.11. The zero-order chi connectivity index (χ0) is 22.5. The standard InChI is InChI=1S/C24H25N3O5/c1-14(21(28)25-18-8-9-19-20(13-18)32-11-10-31-19)27-22(29)24(2,26-23(27)30)17-7-6-15-4-3-5-16(15)12-17/h6-9,12-14H,3-5,10-11H2,1-2H3,(H,25,28)(H,26,30)/t14-,24+/m1/s1. The minimum Gasteiger partial charge on any atom is -0.486 e. The maximum Gasteiger partial charge on any atom is 0.326 e. The zero-order valence-corrected chi connectivity index (χ0v) is 18.1. The van der Waals surface area contributed by atoms with E-state index in [2.05, 4.69) is 10.6 Å². The van der Waals surface area contributed by atoms with Crippen LogP contribution in [-0.4, -0.2) is 42.0 Å². The Morgan fingerprint density at radius 1 is 1.06 bits per heavy atom. The summed E-state index contributed by atoms with van der Waals surface area (Å²) in [7, 11) is 0. The van der Waals surface area contributed by atoms with Crippen LogP contribution in [0.15, 0.2) is 36.4 Å². The van der Waals surface area contributed by atoms with E-state index in [1.54, 1.807) is 32.0 Å². The van der Waals surface area contributed by atoms with Gasteiger partial charge < -0.3 is 20.1 Å². The Balaban J connectivity index is 1.34. The van der Waals surface area contributed by atoms with Crippen LogP contribution in [0, 0.1) is 0 Å². The number of carbonyl (C=O) groups is 3. The highest BCUT2D eigenvalue weighted by molar-refractivity contribution is 6.11. The summed E-state index contributed by atoms with van der Waals surface area (Å²) in [5.74, 6) is 0.246. The monoisotopic (exact) mass is 435 g/mol. The molecule has 0 saturated carbocycles. The van der Waals surface area contributed by atoms with Gasteiger partial charge in [-0.25, -0.2) is 9.69 Å². The fourth-order valence-corrected chi connectivity index (χ4v) is 4.58. The van der Waals surface area contributed by atoms with Gasteiger partial charge in [-0.3, -0.25) is 9.59 Å². The highest BCUT2D eigenvalue weighted by atomic mass is 16.6. The molecule has 3 aliphatic rings. The Labute approximate surface area is 185 Å². The number of benzene rings is 2. The molecule has 2 heterocycles. The van der Waals surface area contributed by atoms with Crippen molar-refractivity contribution in [1.29, 1.82) is 0 Å². The lowest BCUT2D eigenvalue weighted by Crippen LogP contribution is -2.47. The van der Waals surface area contributed by atoms with Crippen molar-refractivity contribution in [2.45, 2.75) is 44.7 Å². The second kappa shape index (κ2) is 7.55. The second-order valence-electron chi connectivity index (χ2n) is 8.59. The van der Waals surface area contributed by atoms with Crippen LogP contribution in [0.25, 0.3) is 0 Å². The van der Waals surface area contributed by atoms with E-state index >= 15 is 0 Å². The topological polar surface area (TPSA) is 97.0 Å². The zero-order valence-electron chi connectivity index (χ0n) is 18.1. The predicted molar refractivity (Wildman–Crippen MR) is 117 cm³/mol. The number of amides is 4. The summed E-state index contributed by atoms with van der Waals surface area (Å²) in [6, 6.07) is 9.43. The van der Waals surface area contributed by atoms with E-state index < -0.39 is 29.4 Å². The van der Waals surface area contributed by atoms with Crippen molar-refractivity contribution in [1.82, 2.24) is 10.2 Å². The van der Waals surface area contributed by atoms with E-state index in [4.69, 9.17) is 9.47 Å². The van der Waals surface area contributed by atoms with Crippen molar-refractivity contribution in [3.63, 3.8) is 0 Å². The molecular formula is C24H25N3O5. The van der Waals surface area contributed by atoms with Crippen molar-refractivity contribution in [2.24, 2.45) is 0 Å². The average Bonchev–Trinajstić information content (AvgIpc) is 3.35. The summed E-state index contributed by atoms with van der Waals surface area (Å²) < 4.78 is 11.0. The lowest BCUT2D eigenvalue weighted by molar-refractivity contribution is -0.136. The van der Waals surface area contributed by atoms with Crippen LogP contribution in [0.1, 0.15) is 37.0 Å². The first-order valence-electron chi connectivity index (χ1n) is 10.9. The molecule has 1 fully saturated rings. The smallest absolute Gasteiger partial charge is 0.326 e. The Bertz CT molecular complexity index is 1130. The molecule has 2 aromatic carbocycles. The van der Waals surface area contributed by atoms with Gasteiger partial charge in [0.2, 0.25) is 5.91 Å². The first kappa shape index (κ1) is 20.4. The molecule has 1 saturated heterocycles. The van der Waals surface area contributed by atoms with Crippen LogP contribution in [0.4, 0.5) is 10.5 Å². The van der Waals surface area contributed by atoms with Crippen molar-refractivity contribution in [3.05, 3.63) is 53.1 Å². The Hall–Kier alpha value is -3.55. The van der Waals surface area contributed by atoms with Gasteiger partial charge >= 0.3 is 6.03 Å². The third-order valence-corrected chi connectivity index (χ3v) is 6.47. The molecular weight excluding hydrogens is 410 g/mol. The number of imide groups is 1. The summed E-state index contributed by atoms with van der Waals surface area (Å²) in [5, 5.41) is 5.56. The maximum absolute atomic E-state index is 13.4. The molecule has 4 amide bonds. The van der Waals surface area contributed by atoms with Crippen molar-refractivity contribution < 1.29 is 23.9 Å². The van der Waals surface area contributed by atoms with Gasteiger partial charge in [0, 0.05) is 11.8 Å². The van der Waals surface area contributed by atoms with Crippen LogP contribution in [0.2, 0.25) is 0 Å². The number of nitrogens with zero attached hydrogens (tertiary/aromatic N) is 1. The molecule has 2 aromatic rings. The minimum absolute atomic E-state index is 0.435. The lowest BCUT2D eigenvalue weighted by atomic mass is 9.89. The molecule has 1 aliphatic carbocycles. The Morgan fingerprint density at radius 2 is 1.81 bits per heavy atom. The van der Waals surface area contributed by atoms with Crippen molar-refractivity contribution in [3.8, 4) is 11.5 Å². The summed E-state index contributed by atoms with van der Waals surface area (Å²) in [5.41, 5.74) is 2.53. The number of rotatable bonds is 4. The number of nitrogens with one attached hydrogen (secondary N) is 2. The molecule has 0 bridgehead atoms. The molecule has 2 N–H and O–H groups in total. The van der Waals surface area contributed by atoms with Crippen LogP contribution in [-0.2, 0) is 28.0 Å². The third kappa shape index (κ3) is 3.26. The van der Waals surface area contributed by atoms with E-state index in [1.807, 2.05) is 18.2 Å². The number of fused-ring (bicyclic) bond motifs is 2. The highest BCUT2D eigenvalue weighted by Gasteiger charge is 2.52. The molecule has 2 aliphatic heterocycles. The van der Waals surface area contributed by atoms with Gasteiger partial charge in [-0.15, -0.1) is 0 Å². The van der Waals surface area contributed by atoms with Crippen LogP contribution >= 0.6 is 0 Å². The average molecular weight is 435 g/mol. The van der Waals surface area contributed by atoms with E-state index in [9.17, 15) is 14.4 Å². The van der Waals surface area contributed by atoms with E-state index in [1.165, 1.54) is 11.1 Å². The first-order chi connectivity index (χ1) is 15.4. The van der Waals surface area contributed by atoms with Crippen molar-refractivity contribution in [2.75, 3.05) is 18.5 Å². The highest BCUT2D eigenvalue weighted by Crippen LogP contribution is 2.35. The number of aryl methyl sites for hydroxylation is 2.